The van der Waals surface area contributed by atoms with Crippen molar-refractivity contribution >= 4 is 28.4 Å². The molecule has 0 saturated carbocycles. The number of hydrogen-bond acceptors (Lipinski definition) is 4. The van der Waals surface area contributed by atoms with Crippen molar-refractivity contribution in [2.45, 2.75) is 32.4 Å². The molecule has 44 heavy (non-hydrogen) atoms. The summed E-state index contributed by atoms with van der Waals surface area (Å²) < 4.78 is 17.8. The lowest BCUT2D eigenvalue weighted by atomic mass is 10.0. The van der Waals surface area contributed by atoms with Crippen LogP contribution in [-0.2, 0) is 11.3 Å². The lowest BCUT2D eigenvalue weighted by molar-refractivity contribution is -0.117. The van der Waals surface area contributed by atoms with E-state index in [0.717, 1.165) is 46.4 Å². The van der Waals surface area contributed by atoms with Crippen molar-refractivity contribution in [2.24, 2.45) is 0 Å². The third kappa shape index (κ3) is 6.14. The summed E-state index contributed by atoms with van der Waals surface area (Å²) in [7, 11) is 3.90. The average molecular weight is 593 g/mol. The van der Waals surface area contributed by atoms with E-state index in [0.29, 0.717) is 37.4 Å². The molecule has 3 aromatic heterocycles. The van der Waals surface area contributed by atoms with Gasteiger partial charge in [-0.1, -0.05) is 36.4 Å². The van der Waals surface area contributed by atoms with E-state index in [4.69, 9.17) is 4.98 Å². The molecule has 2 aromatic carbocycles. The summed E-state index contributed by atoms with van der Waals surface area (Å²) in [6, 6.07) is 20.5. The number of imidazole rings is 1. The van der Waals surface area contributed by atoms with Crippen LogP contribution in [0.15, 0.2) is 85.1 Å². The number of aryl methyl sites for hydroxylation is 1. The van der Waals surface area contributed by atoms with Crippen LogP contribution in [0.1, 0.15) is 34.5 Å². The van der Waals surface area contributed by atoms with Crippen LogP contribution in [0.5, 0.6) is 0 Å². The number of carbonyl (C=O) groups is 2. The third-order valence-electron chi connectivity index (χ3n) is 8.21. The highest BCUT2D eigenvalue weighted by atomic mass is 19.1. The number of carbonyl (C=O) groups excluding carboxylic acids is 2. The van der Waals surface area contributed by atoms with Crippen LogP contribution >= 0.6 is 0 Å². The molecule has 8 nitrogen and oxygen atoms in total. The summed E-state index contributed by atoms with van der Waals surface area (Å²) in [5.41, 5.74) is 6.07. The van der Waals surface area contributed by atoms with Gasteiger partial charge in [-0.25, -0.2) is 9.37 Å². The van der Waals surface area contributed by atoms with E-state index in [-0.39, 0.29) is 23.7 Å². The van der Waals surface area contributed by atoms with Crippen LogP contribution in [-0.4, -0.2) is 75.3 Å². The quantitative estimate of drug-likeness (QED) is 0.249. The van der Waals surface area contributed by atoms with Crippen LogP contribution in [0.2, 0.25) is 0 Å². The normalized spacial score (nSPS) is 15.6. The van der Waals surface area contributed by atoms with Gasteiger partial charge in [-0.05, 0) is 75.8 Å². The number of amides is 2. The molecule has 2 amide bonds. The number of benzene rings is 2. The van der Waals surface area contributed by atoms with Gasteiger partial charge in [0.2, 0.25) is 5.91 Å². The summed E-state index contributed by atoms with van der Waals surface area (Å²) in [6.45, 7) is 4.41. The van der Waals surface area contributed by atoms with Crippen molar-refractivity contribution < 1.29 is 14.0 Å². The Morgan fingerprint density at radius 1 is 1.09 bits per heavy atom. The first-order valence-electron chi connectivity index (χ1n) is 15.0. The van der Waals surface area contributed by atoms with Gasteiger partial charge in [0.1, 0.15) is 17.2 Å². The highest BCUT2D eigenvalue weighted by Gasteiger charge is 2.26. The van der Waals surface area contributed by atoms with Crippen LogP contribution in [0.3, 0.4) is 0 Å². The predicted octanol–water partition coefficient (Wildman–Crippen LogP) is 5.29. The minimum atomic E-state index is -0.259. The Morgan fingerprint density at radius 2 is 1.89 bits per heavy atom. The van der Waals surface area contributed by atoms with E-state index in [2.05, 4.69) is 28.1 Å². The predicted molar refractivity (Wildman–Crippen MR) is 171 cm³/mol. The summed E-state index contributed by atoms with van der Waals surface area (Å²) in [6.07, 6.45) is 6.96. The zero-order chi connectivity index (χ0) is 30.8. The van der Waals surface area contributed by atoms with Crippen LogP contribution in [0, 0.1) is 12.7 Å². The molecule has 1 unspecified atom stereocenters. The van der Waals surface area contributed by atoms with E-state index in [1.807, 2.05) is 71.8 Å². The maximum Gasteiger partial charge on any atom is 0.254 e. The number of piperidine rings is 1. The van der Waals surface area contributed by atoms with Crippen molar-refractivity contribution in [2.75, 3.05) is 33.7 Å². The number of nitrogens with zero attached hydrogens (tertiary/aromatic N) is 5. The summed E-state index contributed by atoms with van der Waals surface area (Å²) in [5, 5.41) is 4.14. The topological polar surface area (TPSA) is 74.9 Å². The van der Waals surface area contributed by atoms with Crippen molar-refractivity contribution in [3.8, 4) is 11.4 Å². The molecule has 9 heteroatoms. The van der Waals surface area contributed by atoms with Gasteiger partial charge in [-0.3, -0.25) is 9.59 Å². The summed E-state index contributed by atoms with van der Waals surface area (Å²) >= 11 is 0. The van der Waals surface area contributed by atoms with Crippen molar-refractivity contribution in [3.63, 3.8) is 0 Å². The number of hydrogen-bond donors (Lipinski definition) is 1. The largest absolute Gasteiger partial charge is 0.348 e. The summed E-state index contributed by atoms with van der Waals surface area (Å²) in [5.74, 6) is -0.461. The second kappa shape index (κ2) is 12.5. The molecule has 1 atom stereocenters. The van der Waals surface area contributed by atoms with Gasteiger partial charge in [-0.15, -0.1) is 0 Å². The minimum absolute atomic E-state index is 0.0674. The first kappa shape index (κ1) is 29.3. The lowest BCUT2D eigenvalue weighted by Gasteiger charge is -2.33. The first-order chi connectivity index (χ1) is 21.3. The molecule has 1 N–H and O–H groups in total. The Morgan fingerprint density at radius 3 is 2.68 bits per heavy atom. The van der Waals surface area contributed by atoms with Crippen LogP contribution in [0.25, 0.3) is 27.9 Å². The molecule has 1 aliphatic rings. The Labute approximate surface area is 256 Å². The van der Waals surface area contributed by atoms with E-state index in [9.17, 15) is 14.0 Å². The van der Waals surface area contributed by atoms with Crippen molar-refractivity contribution in [1.29, 1.82) is 0 Å². The van der Waals surface area contributed by atoms with Crippen molar-refractivity contribution in [3.05, 3.63) is 108 Å². The molecular weight excluding hydrogens is 555 g/mol. The molecule has 0 spiro atoms. The average Bonchev–Trinajstić information content (AvgIpc) is 3.54. The second-order valence-electron chi connectivity index (χ2n) is 11.8. The fourth-order valence-electron chi connectivity index (χ4n) is 5.97. The van der Waals surface area contributed by atoms with Gasteiger partial charge < -0.3 is 24.1 Å². The van der Waals surface area contributed by atoms with Gasteiger partial charge >= 0.3 is 0 Å². The number of nitrogens with one attached hydrogen (secondary N) is 1. The second-order valence-corrected chi connectivity index (χ2v) is 11.8. The van der Waals surface area contributed by atoms with E-state index < -0.39 is 0 Å². The van der Waals surface area contributed by atoms with Crippen LogP contribution in [0.4, 0.5) is 4.39 Å². The fraction of sp³-hybridized carbons (Fsp3) is 0.286. The summed E-state index contributed by atoms with van der Waals surface area (Å²) in [4.78, 5) is 34.8. The molecule has 0 bridgehead atoms. The van der Waals surface area contributed by atoms with Gasteiger partial charge in [0, 0.05) is 66.7 Å². The number of rotatable bonds is 8. The number of pyridine rings is 1. The number of fused-ring (bicyclic) bond motifs is 2. The SMILES string of the molecule is Cc1c(-c2cc3ccccc3n2Cc2ccc(F)cc2)nc2cc(C(=O)N3CCCC(NC(=O)C=CCN(C)C)C3)ccn12. The highest BCUT2D eigenvalue weighted by Crippen LogP contribution is 2.31. The minimum Gasteiger partial charge on any atom is -0.348 e. The maximum atomic E-state index is 13.6. The zero-order valence-electron chi connectivity index (χ0n) is 25.3. The van der Waals surface area contributed by atoms with Gasteiger partial charge in [0.25, 0.3) is 5.91 Å². The molecule has 1 fully saturated rings. The standard InChI is InChI=1S/C35H37FN6O2/c1-24-34(31-20-26-8-4-5-10-30(26)42(31)22-25-12-14-28(36)15-13-25)38-32-21-27(16-19-41(24)32)35(44)40-18-6-9-29(23-40)37-33(43)11-7-17-39(2)3/h4-5,7-8,10-16,19-21,29H,6,9,17-18,22-23H2,1-3H3,(H,37,43). The highest BCUT2D eigenvalue weighted by molar-refractivity contribution is 5.95. The molecule has 1 aliphatic heterocycles. The Kier molecular flexibility index (Phi) is 8.30. The van der Waals surface area contributed by atoms with E-state index >= 15 is 0 Å². The number of likely N-dealkylation sites (tertiary alicyclic amines) is 1. The van der Waals surface area contributed by atoms with Crippen LogP contribution < -0.4 is 5.32 Å². The van der Waals surface area contributed by atoms with Gasteiger partial charge in [-0.2, -0.15) is 0 Å². The Balaban J connectivity index is 1.25. The Bertz CT molecular complexity index is 1850. The number of halogens is 1. The van der Waals surface area contributed by atoms with E-state index in [1.165, 1.54) is 12.1 Å². The van der Waals surface area contributed by atoms with E-state index in [1.54, 1.807) is 18.2 Å². The molecule has 1 saturated heterocycles. The maximum absolute atomic E-state index is 13.6. The molecule has 226 valence electrons. The smallest absolute Gasteiger partial charge is 0.254 e. The van der Waals surface area contributed by atoms with Gasteiger partial charge in [0.05, 0.1) is 5.69 Å². The zero-order valence-corrected chi connectivity index (χ0v) is 25.3. The third-order valence-corrected chi connectivity index (χ3v) is 8.21. The molecule has 6 rings (SSSR count). The molecule has 0 aliphatic carbocycles. The number of likely N-dealkylation sites (N-methyl/N-ethyl adjacent to an activating group) is 1. The number of para-hydroxylation sites is 1. The Hall–Kier alpha value is -4.76. The first-order valence-corrected chi connectivity index (χ1v) is 15.0. The monoisotopic (exact) mass is 592 g/mol. The molecule has 0 radical (unpaired) electrons. The lowest BCUT2D eigenvalue weighted by Crippen LogP contribution is -2.49. The number of aromatic nitrogens is 3. The fourth-order valence-corrected chi connectivity index (χ4v) is 5.97. The molecule has 4 heterocycles. The molecular formula is C35H37FN6O2. The van der Waals surface area contributed by atoms with Gasteiger partial charge in [0.15, 0.2) is 0 Å². The van der Waals surface area contributed by atoms with Crippen molar-refractivity contribution in [1.82, 2.24) is 29.1 Å². The molecule has 5 aromatic rings.